The van der Waals surface area contributed by atoms with Crippen LogP contribution in [0.1, 0.15) is 26.7 Å². The van der Waals surface area contributed by atoms with E-state index in [9.17, 15) is 18.9 Å². The minimum atomic E-state index is -2.77. The van der Waals surface area contributed by atoms with Gasteiger partial charge in [0.1, 0.15) is 5.78 Å². The Morgan fingerprint density at radius 2 is 1.68 bits per heavy atom. The number of rotatable bonds is 9. The Bertz CT molecular complexity index is 403. The number of ketones is 1. The molecule has 7 heteroatoms. The number of aliphatic carboxylic acids is 2. The first-order chi connectivity index (χ1) is 8.55. The van der Waals surface area contributed by atoms with Gasteiger partial charge >= 0.3 is 11.9 Å². The van der Waals surface area contributed by atoms with Crippen molar-refractivity contribution in [1.29, 1.82) is 0 Å². The maximum absolute atomic E-state index is 12.3. The SMILES string of the molecule is CC(=O)C(C)CP(C)(=O)CC(CCC(=O)O)C(=O)O. The fourth-order valence-electron chi connectivity index (χ4n) is 1.84. The van der Waals surface area contributed by atoms with E-state index in [-0.39, 0.29) is 36.9 Å². The zero-order valence-corrected chi connectivity index (χ0v) is 12.4. The molecule has 0 spiro atoms. The number of carboxylic acids is 2. The fourth-order valence-corrected chi connectivity index (χ4v) is 4.68. The quantitative estimate of drug-likeness (QED) is 0.627. The summed E-state index contributed by atoms with van der Waals surface area (Å²) >= 11 is 0. The lowest BCUT2D eigenvalue weighted by atomic mass is 10.1. The molecule has 0 aliphatic heterocycles. The van der Waals surface area contributed by atoms with Crippen LogP contribution in [0.25, 0.3) is 0 Å². The molecule has 0 rings (SSSR count). The van der Waals surface area contributed by atoms with Crippen LogP contribution < -0.4 is 0 Å². The standard InChI is InChI=1S/C12H21O6P/c1-8(9(2)13)6-19(3,18)7-10(12(16)17)4-5-11(14)15/h8,10H,4-7H2,1-3H3,(H,14,15)(H,16,17). The van der Waals surface area contributed by atoms with Gasteiger partial charge in [-0.3, -0.25) is 14.4 Å². The van der Waals surface area contributed by atoms with Crippen molar-refractivity contribution in [1.82, 2.24) is 0 Å². The molecule has 3 atom stereocenters. The summed E-state index contributed by atoms with van der Waals surface area (Å²) in [5.41, 5.74) is 0. The van der Waals surface area contributed by atoms with Crippen molar-refractivity contribution in [2.75, 3.05) is 19.0 Å². The molecule has 6 nitrogen and oxygen atoms in total. The van der Waals surface area contributed by atoms with Crippen molar-refractivity contribution in [2.24, 2.45) is 11.8 Å². The normalized spacial score (nSPS) is 17.2. The van der Waals surface area contributed by atoms with Gasteiger partial charge in [-0.2, -0.15) is 0 Å². The van der Waals surface area contributed by atoms with Gasteiger partial charge in [-0.15, -0.1) is 0 Å². The molecule has 0 radical (unpaired) electrons. The van der Waals surface area contributed by atoms with Crippen molar-refractivity contribution in [2.45, 2.75) is 26.7 Å². The number of hydrogen-bond donors (Lipinski definition) is 2. The third-order valence-electron chi connectivity index (χ3n) is 3.02. The summed E-state index contributed by atoms with van der Waals surface area (Å²) in [5, 5.41) is 17.6. The second-order valence-electron chi connectivity index (χ2n) is 5.14. The summed E-state index contributed by atoms with van der Waals surface area (Å²) < 4.78 is 12.3. The molecule has 0 aromatic carbocycles. The van der Waals surface area contributed by atoms with Crippen LogP contribution in [0.5, 0.6) is 0 Å². The highest BCUT2D eigenvalue weighted by Crippen LogP contribution is 2.45. The van der Waals surface area contributed by atoms with Crippen molar-refractivity contribution < 1.29 is 29.2 Å². The molecule has 0 amide bonds. The van der Waals surface area contributed by atoms with E-state index in [2.05, 4.69) is 0 Å². The Labute approximate surface area is 112 Å². The molecule has 0 saturated carbocycles. The molecule has 0 heterocycles. The molecule has 0 aromatic rings. The van der Waals surface area contributed by atoms with Gasteiger partial charge in [0, 0.05) is 24.7 Å². The number of carbonyl (C=O) groups excluding carboxylic acids is 1. The highest BCUT2D eigenvalue weighted by Gasteiger charge is 2.29. The second-order valence-corrected chi connectivity index (χ2v) is 8.47. The molecule has 0 fully saturated rings. The van der Waals surface area contributed by atoms with Crippen LogP contribution in [0.4, 0.5) is 0 Å². The van der Waals surface area contributed by atoms with E-state index < -0.39 is 25.0 Å². The van der Waals surface area contributed by atoms with Crippen LogP contribution in [-0.2, 0) is 18.9 Å². The van der Waals surface area contributed by atoms with Gasteiger partial charge < -0.3 is 14.8 Å². The molecule has 2 N–H and O–H groups in total. The Kier molecular flexibility index (Phi) is 6.98. The van der Waals surface area contributed by atoms with Crippen molar-refractivity contribution in [3.05, 3.63) is 0 Å². The third-order valence-corrected chi connectivity index (χ3v) is 5.55. The van der Waals surface area contributed by atoms with Crippen LogP contribution >= 0.6 is 7.14 Å². The summed E-state index contributed by atoms with van der Waals surface area (Å²) in [6.45, 7) is 4.54. The zero-order chi connectivity index (χ0) is 15.2. The van der Waals surface area contributed by atoms with Crippen LogP contribution in [0.2, 0.25) is 0 Å². The maximum atomic E-state index is 12.3. The van der Waals surface area contributed by atoms with Gasteiger partial charge in [0.25, 0.3) is 0 Å². The van der Waals surface area contributed by atoms with Crippen molar-refractivity contribution in [3.63, 3.8) is 0 Å². The van der Waals surface area contributed by atoms with Gasteiger partial charge in [0.15, 0.2) is 0 Å². The molecule has 110 valence electrons. The van der Waals surface area contributed by atoms with E-state index >= 15 is 0 Å². The minimum Gasteiger partial charge on any atom is -0.481 e. The summed E-state index contributed by atoms with van der Waals surface area (Å²) in [5.74, 6) is -3.61. The minimum absolute atomic E-state index is 0.0447. The van der Waals surface area contributed by atoms with Gasteiger partial charge in [0.05, 0.1) is 13.1 Å². The number of Topliss-reactive ketones (excluding diaryl/α,β-unsaturated/α-hetero) is 1. The fraction of sp³-hybridized carbons (Fsp3) is 0.750. The first-order valence-electron chi connectivity index (χ1n) is 6.05. The molecule has 19 heavy (non-hydrogen) atoms. The summed E-state index contributed by atoms with van der Waals surface area (Å²) in [7, 11) is -2.77. The maximum Gasteiger partial charge on any atom is 0.306 e. The first kappa shape index (κ1) is 17.8. The van der Waals surface area contributed by atoms with Crippen molar-refractivity contribution >= 4 is 24.9 Å². The molecule has 0 aliphatic rings. The van der Waals surface area contributed by atoms with Crippen LogP contribution in [0, 0.1) is 11.8 Å². The Hall–Kier alpha value is -1.16. The lowest BCUT2D eigenvalue weighted by Crippen LogP contribution is -2.22. The predicted octanol–water partition coefficient (Wildman–Crippen LogP) is 1.77. The monoisotopic (exact) mass is 292 g/mol. The zero-order valence-electron chi connectivity index (χ0n) is 11.5. The first-order valence-corrected chi connectivity index (χ1v) is 8.58. The smallest absolute Gasteiger partial charge is 0.306 e. The second kappa shape index (κ2) is 7.43. The number of carboxylic acid groups (broad SMARTS) is 2. The topological polar surface area (TPSA) is 109 Å². The van der Waals surface area contributed by atoms with Crippen molar-refractivity contribution in [3.8, 4) is 0 Å². The van der Waals surface area contributed by atoms with E-state index in [0.717, 1.165) is 0 Å². The average molecular weight is 292 g/mol. The lowest BCUT2D eigenvalue weighted by Gasteiger charge is -2.20. The van der Waals surface area contributed by atoms with E-state index in [1.165, 1.54) is 13.6 Å². The highest BCUT2D eigenvalue weighted by molar-refractivity contribution is 7.63. The van der Waals surface area contributed by atoms with Crippen LogP contribution in [-0.4, -0.2) is 46.9 Å². The molecule has 3 unspecified atom stereocenters. The van der Waals surface area contributed by atoms with E-state index in [1.54, 1.807) is 6.92 Å². The summed E-state index contributed by atoms with van der Waals surface area (Å²) in [6, 6.07) is 0. The number of carbonyl (C=O) groups is 3. The summed E-state index contributed by atoms with van der Waals surface area (Å²) in [4.78, 5) is 32.6. The molecule has 0 saturated heterocycles. The number of hydrogen-bond acceptors (Lipinski definition) is 4. The summed E-state index contributed by atoms with van der Waals surface area (Å²) in [6.07, 6.45) is -0.206. The van der Waals surface area contributed by atoms with Gasteiger partial charge in [-0.25, -0.2) is 0 Å². The molecular weight excluding hydrogens is 271 g/mol. The van der Waals surface area contributed by atoms with E-state index in [0.29, 0.717) is 0 Å². The average Bonchev–Trinajstić information content (AvgIpc) is 2.22. The molecule has 0 aromatic heterocycles. The van der Waals surface area contributed by atoms with E-state index in [4.69, 9.17) is 10.2 Å². The van der Waals surface area contributed by atoms with Crippen LogP contribution in [0.15, 0.2) is 0 Å². The van der Waals surface area contributed by atoms with Gasteiger partial charge in [-0.05, 0) is 20.0 Å². The van der Waals surface area contributed by atoms with Gasteiger partial charge in [-0.1, -0.05) is 6.92 Å². The van der Waals surface area contributed by atoms with E-state index in [1.807, 2.05) is 0 Å². The Morgan fingerprint density at radius 3 is 2.05 bits per heavy atom. The Morgan fingerprint density at radius 1 is 1.16 bits per heavy atom. The largest absolute Gasteiger partial charge is 0.481 e. The highest BCUT2D eigenvalue weighted by atomic mass is 31.2. The lowest BCUT2D eigenvalue weighted by molar-refractivity contribution is -0.142. The van der Waals surface area contributed by atoms with Gasteiger partial charge in [0.2, 0.25) is 0 Å². The molecule has 0 bridgehead atoms. The Balaban J connectivity index is 4.64. The predicted molar refractivity (Wildman–Crippen MR) is 71.1 cm³/mol. The molecular formula is C12H21O6P. The molecule has 0 aliphatic carbocycles. The third kappa shape index (κ3) is 7.78. The van der Waals surface area contributed by atoms with Crippen LogP contribution in [0.3, 0.4) is 0 Å².